The molecule has 0 radical (unpaired) electrons. The Balaban J connectivity index is 4.07. The average Bonchev–Trinajstić information content (AvgIpc) is 2.25. The van der Waals surface area contributed by atoms with Crippen molar-refractivity contribution in [3.63, 3.8) is 0 Å². The van der Waals surface area contributed by atoms with Crippen LogP contribution in [0.15, 0.2) is 12.2 Å². The average molecular weight is 293 g/mol. The molecule has 0 heterocycles. The normalized spacial score (nSPS) is 13.3. The number of esters is 1. The first-order valence-electron chi connectivity index (χ1n) is 6.07. The van der Waals surface area contributed by atoms with Crippen molar-refractivity contribution < 1.29 is 22.5 Å². The van der Waals surface area contributed by atoms with Gasteiger partial charge in [-0.3, -0.25) is 4.55 Å². The summed E-state index contributed by atoms with van der Waals surface area (Å²) >= 11 is 0. The van der Waals surface area contributed by atoms with E-state index in [1.54, 1.807) is 6.92 Å². The van der Waals surface area contributed by atoms with Crippen LogP contribution in [0.5, 0.6) is 0 Å². The molecule has 1 unspecified atom stereocenters. The van der Waals surface area contributed by atoms with Gasteiger partial charge in [0.25, 0.3) is 10.1 Å². The van der Waals surface area contributed by atoms with Crippen molar-refractivity contribution in [1.82, 2.24) is 4.90 Å². The van der Waals surface area contributed by atoms with Gasteiger partial charge >= 0.3 is 5.97 Å². The Kier molecular flexibility index (Phi) is 7.89. The molecule has 0 aromatic carbocycles. The highest BCUT2D eigenvalue weighted by Crippen LogP contribution is 2.08. The molecule has 0 aromatic heterocycles. The van der Waals surface area contributed by atoms with Crippen LogP contribution < -0.4 is 0 Å². The fourth-order valence-corrected chi connectivity index (χ4v) is 2.02. The van der Waals surface area contributed by atoms with Crippen LogP contribution in [0.1, 0.15) is 26.2 Å². The van der Waals surface area contributed by atoms with Gasteiger partial charge in [0.2, 0.25) is 0 Å². The Morgan fingerprint density at radius 1 is 1.37 bits per heavy atom. The third kappa shape index (κ3) is 9.63. The summed E-state index contributed by atoms with van der Waals surface area (Å²) in [7, 11) is -0.164. The second kappa shape index (κ2) is 8.29. The van der Waals surface area contributed by atoms with E-state index in [4.69, 9.17) is 9.29 Å². The summed E-state index contributed by atoms with van der Waals surface area (Å²) in [5.41, 5.74) is 0.351. The zero-order valence-electron chi connectivity index (χ0n) is 11.8. The topological polar surface area (TPSA) is 83.9 Å². The van der Waals surface area contributed by atoms with Crippen LogP contribution in [0.3, 0.4) is 0 Å². The number of nitrogens with zero attached hydrogens (tertiary/aromatic N) is 1. The summed E-state index contributed by atoms with van der Waals surface area (Å²) in [4.78, 5) is 13.2. The van der Waals surface area contributed by atoms with E-state index in [2.05, 4.69) is 6.58 Å². The van der Waals surface area contributed by atoms with E-state index < -0.39 is 16.1 Å². The molecule has 0 amide bonds. The molecule has 1 atom stereocenters. The Labute approximate surface area is 115 Å². The molecule has 0 fully saturated rings. The van der Waals surface area contributed by atoms with Crippen LogP contribution in [0.2, 0.25) is 0 Å². The first kappa shape index (κ1) is 18.1. The lowest BCUT2D eigenvalue weighted by atomic mass is 10.1. The smallest absolute Gasteiger partial charge is 0.333 e. The van der Waals surface area contributed by atoms with E-state index in [0.717, 1.165) is 0 Å². The SMILES string of the molecule is C=C(C)C(=O)OCC(CCCCS(=O)(=O)O)N(C)C. The van der Waals surface area contributed by atoms with Crippen LogP contribution in [0, 0.1) is 0 Å². The molecule has 7 heteroatoms. The number of hydrogen-bond acceptors (Lipinski definition) is 5. The Morgan fingerprint density at radius 2 is 1.95 bits per heavy atom. The number of likely N-dealkylation sites (N-methyl/N-ethyl adjacent to an activating group) is 1. The van der Waals surface area contributed by atoms with Crippen LogP contribution in [0.4, 0.5) is 0 Å². The number of rotatable bonds is 9. The summed E-state index contributed by atoms with van der Waals surface area (Å²) in [6, 6.07) is 0.0182. The first-order chi connectivity index (χ1) is 8.63. The predicted molar refractivity (Wildman–Crippen MR) is 73.5 cm³/mol. The summed E-state index contributed by atoms with van der Waals surface area (Å²) in [6.07, 6.45) is 1.71. The fraction of sp³-hybridized carbons (Fsp3) is 0.750. The second-order valence-corrected chi connectivity index (χ2v) is 6.35. The van der Waals surface area contributed by atoms with Crippen LogP contribution in [-0.4, -0.2) is 56.3 Å². The van der Waals surface area contributed by atoms with Gasteiger partial charge in [-0.2, -0.15) is 8.42 Å². The molecule has 19 heavy (non-hydrogen) atoms. The molecule has 112 valence electrons. The lowest BCUT2D eigenvalue weighted by Gasteiger charge is -2.23. The number of ether oxygens (including phenoxy) is 1. The van der Waals surface area contributed by atoms with E-state index >= 15 is 0 Å². The summed E-state index contributed by atoms with van der Waals surface area (Å²) in [6.45, 7) is 5.32. The first-order valence-corrected chi connectivity index (χ1v) is 7.68. The number of hydrogen-bond donors (Lipinski definition) is 1. The largest absolute Gasteiger partial charge is 0.461 e. The highest BCUT2D eigenvalue weighted by molar-refractivity contribution is 7.85. The minimum atomic E-state index is -3.89. The minimum absolute atomic E-state index is 0.0182. The molecule has 0 aliphatic heterocycles. The molecule has 0 bridgehead atoms. The maximum Gasteiger partial charge on any atom is 0.333 e. The zero-order chi connectivity index (χ0) is 15.1. The molecule has 0 aliphatic carbocycles. The van der Waals surface area contributed by atoms with Crippen molar-refractivity contribution in [3.8, 4) is 0 Å². The summed E-state index contributed by atoms with van der Waals surface area (Å²) in [5.74, 6) is -0.664. The molecule has 0 spiro atoms. The van der Waals surface area contributed by atoms with Crippen LogP contribution >= 0.6 is 0 Å². The highest BCUT2D eigenvalue weighted by Gasteiger charge is 2.15. The van der Waals surface area contributed by atoms with Crippen molar-refractivity contribution in [3.05, 3.63) is 12.2 Å². The second-order valence-electron chi connectivity index (χ2n) is 4.78. The third-order valence-corrected chi connectivity index (χ3v) is 3.48. The van der Waals surface area contributed by atoms with Gasteiger partial charge in [0, 0.05) is 11.6 Å². The van der Waals surface area contributed by atoms with Gasteiger partial charge in [-0.05, 0) is 33.9 Å². The number of carbonyl (C=O) groups excluding carboxylic acids is 1. The minimum Gasteiger partial charge on any atom is -0.461 e. The van der Waals surface area contributed by atoms with Gasteiger partial charge in [0.1, 0.15) is 6.61 Å². The van der Waals surface area contributed by atoms with Crippen molar-refractivity contribution in [1.29, 1.82) is 0 Å². The number of carbonyl (C=O) groups is 1. The molecular formula is C12H23NO5S. The fourth-order valence-electron chi connectivity index (χ4n) is 1.45. The maximum atomic E-state index is 11.3. The van der Waals surface area contributed by atoms with Crippen LogP contribution in [0.25, 0.3) is 0 Å². The van der Waals surface area contributed by atoms with Crippen molar-refractivity contribution in [2.75, 3.05) is 26.5 Å². The summed E-state index contributed by atoms with van der Waals surface area (Å²) in [5, 5.41) is 0. The van der Waals surface area contributed by atoms with Gasteiger partial charge in [-0.15, -0.1) is 0 Å². The maximum absolute atomic E-state index is 11.3. The van der Waals surface area contributed by atoms with Crippen LogP contribution in [-0.2, 0) is 19.6 Å². The molecule has 6 nitrogen and oxygen atoms in total. The zero-order valence-corrected chi connectivity index (χ0v) is 12.6. The van der Waals surface area contributed by atoms with E-state index in [-0.39, 0.29) is 18.4 Å². The Morgan fingerprint density at radius 3 is 2.37 bits per heavy atom. The Bertz CT molecular complexity index is 402. The van der Waals surface area contributed by atoms with Gasteiger partial charge in [-0.25, -0.2) is 4.79 Å². The quantitative estimate of drug-likeness (QED) is 0.296. The monoisotopic (exact) mass is 293 g/mol. The Hall–Kier alpha value is -0.920. The van der Waals surface area contributed by atoms with E-state index in [1.165, 1.54) is 0 Å². The van der Waals surface area contributed by atoms with E-state index in [1.807, 2.05) is 19.0 Å². The molecule has 1 N–H and O–H groups in total. The van der Waals surface area contributed by atoms with Gasteiger partial charge in [-0.1, -0.05) is 13.0 Å². The number of unbranched alkanes of at least 4 members (excludes halogenated alkanes) is 1. The van der Waals surface area contributed by atoms with Crippen molar-refractivity contribution >= 4 is 16.1 Å². The van der Waals surface area contributed by atoms with E-state index in [9.17, 15) is 13.2 Å². The van der Waals surface area contributed by atoms with Crippen molar-refractivity contribution in [2.24, 2.45) is 0 Å². The lowest BCUT2D eigenvalue weighted by molar-refractivity contribution is -0.140. The third-order valence-electron chi connectivity index (χ3n) is 2.68. The van der Waals surface area contributed by atoms with Gasteiger partial charge < -0.3 is 9.64 Å². The summed E-state index contributed by atoms with van der Waals surface area (Å²) < 4.78 is 34.8. The molecule has 0 rings (SSSR count). The van der Waals surface area contributed by atoms with E-state index in [0.29, 0.717) is 24.8 Å². The van der Waals surface area contributed by atoms with Gasteiger partial charge in [0.15, 0.2) is 0 Å². The lowest BCUT2D eigenvalue weighted by Crippen LogP contribution is -2.33. The molecule has 0 aromatic rings. The predicted octanol–water partition coefficient (Wildman–Crippen LogP) is 1.09. The van der Waals surface area contributed by atoms with Crippen molar-refractivity contribution in [2.45, 2.75) is 32.2 Å². The standard InChI is InChI=1S/C12H23NO5S/c1-10(2)12(14)18-9-11(13(3)4)7-5-6-8-19(15,16)17/h11H,1,5-9H2,2-4H3,(H,15,16,17). The molecule has 0 saturated heterocycles. The highest BCUT2D eigenvalue weighted by atomic mass is 32.2. The molecule has 0 aliphatic rings. The molecular weight excluding hydrogens is 270 g/mol. The van der Waals surface area contributed by atoms with Gasteiger partial charge in [0.05, 0.1) is 5.75 Å². The molecule has 0 saturated carbocycles.